The highest BCUT2D eigenvalue weighted by Gasteiger charge is 2.28. The van der Waals surface area contributed by atoms with Gasteiger partial charge >= 0.3 is 0 Å². The fraction of sp³-hybridized carbons (Fsp3) is 0.333. The first-order chi connectivity index (χ1) is 9.09. The Hall–Kier alpha value is -2.44. The molecule has 100 valence electrons. The van der Waals surface area contributed by atoms with Crippen molar-refractivity contribution in [3.8, 4) is 5.75 Å². The second-order valence-electron chi connectivity index (χ2n) is 4.07. The van der Waals surface area contributed by atoms with Crippen LogP contribution < -0.4 is 5.32 Å². The number of carbonyl (C=O) groups is 3. The lowest BCUT2D eigenvalue weighted by Crippen LogP contribution is -2.37. The maximum atomic E-state index is 11.7. The number of carbonyl (C=O) groups excluding carboxylic acids is 3. The Morgan fingerprint density at radius 2 is 2.05 bits per heavy atom. The second-order valence-corrected chi connectivity index (χ2v) is 4.07. The smallest absolute Gasteiger partial charge is 0.273 e. The van der Waals surface area contributed by atoms with Crippen LogP contribution in [0.4, 0.5) is 0 Å². The molecule has 2 heterocycles. The largest absolute Gasteiger partial charge is 0.505 e. The molecule has 1 fully saturated rings. The molecular weight excluding hydrogens is 250 g/mol. The third kappa shape index (κ3) is 2.87. The monoisotopic (exact) mass is 263 g/mol. The van der Waals surface area contributed by atoms with Crippen LogP contribution in [0.2, 0.25) is 0 Å². The Balaban J connectivity index is 1.86. The van der Waals surface area contributed by atoms with Crippen molar-refractivity contribution in [1.82, 2.24) is 15.2 Å². The molecule has 0 radical (unpaired) electrons. The number of likely N-dealkylation sites (tertiary alicyclic amines) is 1. The van der Waals surface area contributed by atoms with Crippen LogP contribution in [0.1, 0.15) is 23.3 Å². The van der Waals surface area contributed by atoms with E-state index in [1.807, 2.05) is 0 Å². The van der Waals surface area contributed by atoms with Crippen molar-refractivity contribution in [3.05, 3.63) is 24.0 Å². The van der Waals surface area contributed by atoms with Gasteiger partial charge in [0.05, 0.1) is 0 Å². The summed E-state index contributed by atoms with van der Waals surface area (Å²) in [6.07, 6.45) is 1.85. The number of pyridine rings is 1. The highest BCUT2D eigenvalue weighted by molar-refractivity contribution is 6.02. The van der Waals surface area contributed by atoms with Gasteiger partial charge in [0.2, 0.25) is 11.8 Å². The molecule has 0 spiro atoms. The van der Waals surface area contributed by atoms with E-state index in [2.05, 4.69) is 10.3 Å². The molecule has 0 saturated carbocycles. The number of nitrogens with one attached hydrogen (secondary N) is 1. The van der Waals surface area contributed by atoms with Gasteiger partial charge in [-0.25, -0.2) is 4.98 Å². The van der Waals surface area contributed by atoms with Gasteiger partial charge in [-0.2, -0.15) is 0 Å². The fourth-order valence-corrected chi connectivity index (χ4v) is 1.81. The Morgan fingerprint density at radius 1 is 1.37 bits per heavy atom. The summed E-state index contributed by atoms with van der Waals surface area (Å²) in [5.74, 6) is -1.20. The van der Waals surface area contributed by atoms with Crippen LogP contribution in [0.15, 0.2) is 18.3 Å². The summed E-state index contributed by atoms with van der Waals surface area (Å²) in [5, 5.41) is 11.9. The lowest BCUT2D eigenvalue weighted by Gasteiger charge is -2.13. The van der Waals surface area contributed by atoms with E-state index in [-0.39, 0.29) is 49.2 Å². The molecule has 1 aromatic heterocycles. The normalized spacial score (nSPS) is 14.8. The van der Waals surface area contributed by atoms with Crippen LogP contribution in [-0.4, -0.2) is 45.8 Å². The van der Waals surface area contributed by atoms with E-state index in [0.29, 0.717) is 0 Å². The third-order valence-corrected chi connectivity index (χ3v) is 2.78. The standard InChI is InChI=1S/C12H13N3O4/c16-8-2-1-5-13-11(8)12(19)14-6-7-15-9(17)3-4-10(15)18/h1-2,5,16H,3-4,6-7H2,(H,14,19). The minimum atomic E-state index is -0.544. The Bertz CT molecular complexity index is 513. The van der Waals surface area contributed by atoms with E-state index >= 15 is 0 Å². The van der Waals surface area contributed by atoms with Gasteiger partial charge < -0.3 is 10.4 Å². The first-order valence-electron chi connectivity index (χ1n) is 5.85. The molecular formula is C12H13N3O4. The maximum absolute atomic E-state index is 11.7. The fourth-order valence-electron chi connectivity index (χ4n) is 1.81. The summed E-state index contributed by atoms with van der Waals surface area (Å²) >= 11 is 0. The highest BCUT2D eigenvalue weighted by Crippen LogP contribution is 2.12. The van der Waals surface area contributed by atoms with Crippen LogP contribution in [-0.2, 0) is 9.59 Å². The molecule has 2 rings (SSSR count). The van der Waals surface area contributed by atoms with Crippen molar-refractivity contribution in [2.24, 2.45) is 0 Å². The van der Waals surface area contributed by atoms with Gasteiger partial charge in [-0.15, -0.1) is 0 Å². The average molecular weight is 263 g/mol. The van der Waals surface area contributed by atoms with E-state index in [1.165, 1.54) is 18.3 Å². The quantitative estimate of drug-likeness (QED) is 0.724. The number of aromatic hydroxyl groups is 1. The molecule has 3 amide bonds. The van der Waals surface area contributed by atoms with E-state index in [1.54, 1.807) is 0 Å². The molecule has 0 unspecified atom stereocenters. The summed E-state index contributed by atoms with van der Waals surface area (Å²) in [7, 11) is 0. The topological polar surface area (TPSA) is 99.6 Å². The van der Waals surface area contributed by atoms with Gasteiger partial charge in [0, 0.05) is 32.1 Å². The first kappa shape index (κ1) is 13.0. The van der Waals surface area contributed by atoms with Crippen LogP contribution in [0.5, 0.6) is 5.75 Å². The molecule has 1 aliphatic heterocycles. The third-order valence-electron chi connectivity index (χ3n) is 2.78. The minimum Gasteiger partial charge on any atom is -0.505 e. The predicted molar refractivity (Wildman–Crippen MR) is 64.2 cm³/mol. The lowest BCUT2D eigenvalue weighted by molar-refractivity contribution is -0.138. The Labute approximate surface area is 109 Å². The maximum Gasteiger partial charge on any atom is 0.273 e. The molecule has 0 aromatic carbocycles. The molecule has 19 heavy (non-hydrogen) atoms. The number of hydrogen-bond donors (Lipinski definition) is 2. The van der Waals surface area contributed by atoms with Crippen molar-refractivity contribution < 1.29 is 19.5 Å². The van der Waals surface area contributed by atoms with Gasteiger partial charge in [-0.05, 0) is 12.1 Å². The molecule has 0 atom stereocenters. The zero-order valence-corrected chi connectivity index (χ0v) is 10.1. The molecule has 1 saturated heterocycles. The van der Waals surface area contributed by atoms with Gasteiger partial charge in [0.1, 0.15) is 5.75 Å². The molecule has 0 aliphatic carbocycles. The van der Waals surface area contributed by atoms with Gasteiger partial charge in [0.25, 0.3) is 5.91 Å². The molecule has 7 nitrogen and oxygen atoms in total. The molecule has 0 bridgehead atoms. The van der Waals surface area contributed by atoms with Crippen molar-refractivity contribution in [1.29, 1.82) is 0 Å². The predicted octanol–water partition coefficient (Wildman–Crippen LogP) is -0.334. The Morgan fingerprint density at radius 3 is 2.68 bits per heavy atom. The zero-order valence-electron chi connectivity index (χ0n) is 10.1. The van der Waals surface area contributed by atoms with Crippen LogP contribution in [0.3, 0.4) is 0 Å². The van der Waals surface area contributed by atoms with E-state index in [4.69, 9.17) is 0 Å². The van der Waals surface area contributed by atoms with Gasteiger partial charge in [-0.1, -0.05) is 0 Å². The van der Waals surface area contributed by atoms with Gasteiger partial charge in [0.15, 0.2) is 5.69 Å². The number of aromatic nitrogens is 1. The van der Waals surface area contributed by atoms with Crippen molar-refractivity contribution >= 4 is 17.7 Å². The molecule has 1 aliphatic rings. The van der Waals surface area contributed by atoms with Crippen LogP contribution >= 0.6 is 0 Å². The second kappa shape index (κ2) is 5.47. The summed E-state index contributed by atoms with van der Waals surface area (Å²) in [4.78, 5) is 39.2. The Kier molecular flexibility index (Phi) is 3.74. The van der Waals surface area contributed by atoms with Crippen molar-refractivity contribution in [2.45, 2.75) is 12.8 Å². The van der Waals surface area contributed by atoms with Crippen molar-refractivity contribution in [2.75, 3.05) is 13.1 Å². The summed E-state index contributed by atoms with van der Waals surface area (Å²) in [5.41, 5.74) is -0.0819. The summed E-state index contributed by atoms with van der Waals surface area (Å²) in [6.45, 7) is 0.267. The first-order valence-corrected chi connectivity index (χ1v) is 5.85. The average Bonchev–Trinajstić information content (AvgIpc) is 2.70. The number of amides is 3. The highest BCUT2D eigenvalue weighted by atomic mass is 16.3. The molecule has 7 heteroatoms. The summed E-state index contributed by atoms with van der Waals surface area (Å²) in [6, 6.07) is 2.86. The molecule has 1 aromatic rings. The van der Waals surface area contributed by atoms with Crippen LogP contribution in [0.25, 0.3) is 0 Å². The zero-order chi connectivity index (χ0) is 13.8. The molecule has 2 N–H and O–H groups in total. The SMILES string of the molecule is O=C(NCCN1C(=O)CCC1=O)c1ncccc1O. The van der Waals surface area contributed by atoms with Crippen LogP contribution in [0, 0.1) is 0 Å². The minimum absolute atomic E-state index is 0.0819. The van der Waals surface area contributed by atoms with E-state index in [0.717, 1.165) is 4.90 Å². The number of imide groups is 1. The van der Waals surface area contributed by atoms with Crippen molar-refractivity contribution in [3.63, 3.8) is 0 Å². The number of nitrogens with zero attached hydrogens (tertiary/aromatic N) is 2. The lowest BCUT2D eigenvalue weighted by atomic mass is 10.3. The number of hydrogen-bond acceptors (Lipinski definition) is 5. The van der Waals surface area contributed by atoms with E-state index < -0.39 is 5.91 Å². The van der Waals surface area contributed by atoms with E-state index in [9.17, 15) is 19.5 Å². The number of rotatable bonds is 4. The summed E-state index contributed by atoms with van der Waals surface area (Å²) < 4.78 is 0. The van der Waals surface area contributed by atoms with Gasteiger partial charge in [-0.3, -0.25) is 19.3 Å².